The van der Waals surface area contributed by atoms with Crippen LogP contribution in [0, 0.1) is 12.8 Å². The van der Waals surface area contributed by atoms with E-state index in [-0.39, 0.29) is 17.7 Å². The Labute approximate surface area is 192 Å². The minimum atomic E-state index is -0.264. The lowest BCUT2D eigenvalue weighted by atomic mass is 9.83. The number of aldehydes is 1. The lowest BCUT2D eigenvalue weighted by Gasteiger charge is -2.30. The summed E-state index contributed by atoms with van der Waals surface area (Å²) >= 11 is 0. The summed E-state index contributed by atoms with van der Waals surface area (Å²) in [6.45, 7) is 4.60. The fraction of sp³-hybridized carbons (Fsp3) is 0.440. The van der Waals surface area contributed by atoms with Gasteiger partial charge < -0.3 is 24.2 Å². The highest BCUT2D eigenvalue weighted by Crippen LogP contribution is 2.38. The molecule has 8 heteroatoms. The summed E-state index contributed by atoms with van der Waals surface area (Å²) in [7, 11) is 0. The van der Waals surface area contributed by atoms with Gasteiger partial charge in [0.15, 0.2) is 11.5 Å². The van der Waals surface area contributed by atoms with Crippen LogP contribution >= 0.6 is 0 Å². The molecule has 8 nitrogen and oxygen atoms in total. The lowest BCUT2D eigenvalue weighted by molar-refractivity contribution is -0.112. The second-order valence-electron chi connectivity index (χ2n) is 8.85. The van der Waals surface area contributed by atoms with E-state index in [0.29, 0.717) is 36.1 Å². The van der Waals surface area contributed by atoms with Crippen molar-refractivity contribution in [3.05, 3.63) is 47.6 Å². The highest BCUT2D eigenvalue weighted by atomic mass is 16.5. The number of pyridine rings is 1. The number of aromatic nitrogens is 2. The van der Waals surface area contributed by atoms with Crippen molar-refractivity contribution in [3.63, 3.8) is 0 Å². The van der Waals surface area contributed by atoms with Gasteiger partial charge in [-0.05, 0) is 50.8 Å². The van der Waals surface area contributed by atoms with Crippen LogP contribution in [0.1, 0.15) is 53.7 Å². The molecule has 1 saturated heterocycles. The van der Waals surface area contributed by atoms with Gasteiger partial charge in [0.05, 0.1) is 24.6 Å². The van der Waals surface area contributed by atoms with E-state index in [2.05, 4.69) is 15.2 Å². The summed E-state index contributed by atoms with van der Waals surface area (Å²) in [5, 5.41) is 3.04. The third kappa shape index (κ3) is 4.61. The van der Waals surface area contributed by atoms with E-state index in [4.69, 9.17) is 14.1 Å². The predicted molar refractivity (Wildman–Crippen MR) is 125 cm³/mol. The molecule has 1 aromatic carbocycles. The van der Waals surface area contributed by atoms with Gasteiger partial charge in [-0.1, -0.05) is 6.07 Å². The average molecular weight is 449 g/mol. The molecule has 0 atom stereocenters. The number of hydrogen-bond acceptors (Lipinski definition) is 7. The van der Waals surface area contributed by atoms with Crippen LogP contribution in [0.4, 0.5) is 11.4 Å². The first-order chi connectivity index (χ1) is 16.1. The van der Waals surface area contributed by atoms with Gasteiger partial charge in [0.1, 0.15) is 17.5 Å². The van der Waals surface area contributed by atoms with Crippen LogP contribution in [0.2, 0.25) is 0 Å². The minimum absolute atomic E-state index is 0.149. The molecule has 3 heterocycles. The zero-order valence-corrected chi connectivity index (χ0v) is 18.8. The van der Waals surface area contributed by atoms with Crippen molar-refractivity contribution in [1.29, 1.82) is 0 Å². The SMILES string of the molecule is Cc1cccc(C(=O)Nc2cc3oc([C@H]4CC[C@H](C=O)CC4)nc3cc2N2CCOCC2)n1. The molecule has 33 heavy (non-hydrogen) atoms. The molecule has 1 aliphatic carbocycles. The summed E-state index contributed by atoms with van der Waals surface area (Å²) in [6, 6.07) is 9.24. The van der Waals surface area contributed by atoms with Crippen LogP contribution in [-0.2, 0) is 9.53 Å². The number of nitrogens with zero attached hydrogens (tertiary/aromatic N) is 3. The Morgan fingerprint density at radius 2 is 1.91 bits per heavy atom. The Morgan fingerprint density at radius 1 is 1.12 bits per heavy atom. The fourth-order valence-corrected chi connectivity index (χ4v) is 4.68. The van der Waals surface area contributed by atoms with E-state index in [0.717, 1.165) is 62.0 Å². The summed E-state index contributed by atoms with van der Waals surface area (Å²) < 4.78 is 11.7. The number of fused-ring (bicyclic) bond motifs is 1. The number of morpholine rings is 1. The number of rotatable bonds is 5. The molecule has 2 fully saturated rings. The summed E-state index contributed by atoms with van der Waals surface area (Å²) in [5.74, 6) is 0.816. The number of carbonyl (C=O) groups is 2. The summed E-state index contributed by atoms with van der Waals surface area (Å²) in [4.78, 5) is 35.4. The Hall–Kier alpha value is -3.26. The Kier molecular flexibility index (Phi) is 6.09. The molecule has 2 aliphatic rings. The zero-order chi connectivity index (χ0) is 22.8. The first-order valence-electron chi connectivity index (χ1n) is 11.6. The molecule has 1 amide bonds. The van der Waals surface area contributed by atoms with Crippen LogP contribution in [-0.4, -0.2) is 48.5 Å². The van der Waals surface area contributed by atoms with Crippen molar-refractivity contribution in [2.24, 2.45) is 5.92 Å². The molecule has 0 unspecified atom stereocenters. The fourth-order valence-electron chi connectivity index (χ4n) is 4.68. The quantitative estimate of drug-likeness (QED) is 0.587. The number of amides is 1. The second-order valence-corrected chi connectivity index (χ2v) is 8.85. The van der Waals surface area contributed by atoms with Gasteiger partial charge in [0.2, 0.25) is 0 Å². The third-order valence-electron chi connectivity index (χ3n) is 6.56. The number of aryl methyl sites for hydroxylation is 1. The van der Waals surface area contributed by atoms with Gasteiger partial charge in [-0.3, -0.25) is 4.79 Å². The van der Waals surface area contributed by atoms with Gasteiger partial charge in [0.25, 0.3) is 5.91 Å². The first kappa shape index (κ1) is 21.6. The van der Waals surface area contributed by atoms with Gasteiger partial charge in [-0.2, -0.15) is 0 Å². The van der Waals surface area contributed by atoms with Gasteiger partial charge in [-0.15, -0.1) is 0 Å². The van der Waals surface area contributed by atoms with Gasteiger partial charge in [0, 0.05) is 36.7 Å². The van der Waals surface area contributed by atoms with Crippen LogP contribution in [0.25, 0.3) is 11.1 Å². The molecule has 0 radical (unpaired) electrons. The van der Waals surface area contributed by atoms with E-state index < -0.39 is 0 Å². The van der Waals surface area contributed by atoms with Crippen molar-refractivity contribution in [2.45, 2.75) is 38.5 Å². The molecule has 1 aliphatic heterocycles. The van der Waals surface area contributed by atoms with E-state index in [1.807, 2.05) is 31.2 Å². The molecule has 1 saturated carbocycles. The number of benzene rings is 1. The molecular formula is C25H28N4O4. The van der Waals surface area contributed by atoms with Gasteiger partial charge in [-0.25, -0.2) is 9.97 Å². The second kappa shape index (κ2) is 9.31. The van der Waals surface area contributed by atoms with E-state index >= 15 is 0 Å². The number of hydrogen-bond donors (Lipinski definition) is 1. The van der Waals surface area contributed by atoms with E-state index in [9.17, 15) is 9.59 Å². The molecular weight excluding hydrogens is 420 g/mol. The average Bonchev–Trinajstić information content (AvgIpc) is 3.27. The number of nitrogens with one attached hydrogen (secondary N) is 1. The molecule has 172 valence electrons. The monoisotopic (exact) mass is 448 g/mol. The Balaban J connectivity index is 1.47. The van der Waals surface area contributed by atoms with Crippen molar-refractivity contribution in [2.75, 3.05) is 36.5 Å². The van der Waals surface area contributed by atoms with Gasteiger partial charge >= 0.3 is 0 Å². The van der Waals surface area contributed by atoms with E-state index in [1.165, 1.54) is 0 Å². The van der Waals surface area contributed by atoms with Crippen LogP contribution in [0.3, 0.4) is 0 Å². The van der Waals surface area contributed by atoms with Crippen LogP contribution < -0.4 is 10.2 Å². The van der Waals surface area contributed by atoms with Crippen LogP contribution in [0.15, 0.2) is 34.7 Å². The highest BCUT2D eigenvalue weighted by Gasteiger charge is 2.27. The number of ether oxygens (including phenoxy) is 1. The van der Waals surface area contributed by atoms with Crippen molar-refractivity contribution in [3.8, 4) is 0 Å². The standard InChI is InChI=1S/C25H28N4O4/c1-16-3-2-4-19(26-16)24(31)27-20-14-23-21(13-22(20)29-9-11-32-12-10-29)28-25(33-23)18-7-5-17(15-30)6-8-18/h2-4,13-15,17-18H,5-12H2,1H3,(H,27,31)/t17-,18-. The number of anilines is 2. The minimum Gasteiger partial charge on any atom is -0.440 e. The molecule has 0 spiro atoms. The Morgan fingerprint density at radius 3 is 2.64 bits per heavy atom. The predicted octanol–water partition coefficient (Wildman–Crippen LogP) is 4.09. The lowest BCUT2D eigenvalue weighted by Crippen LogP contribution is -2.36. The molecule has 1 N–H and O–H groups in total. The maximum atomic E-state index is 13.0. The molecule has 5 rings (SSSR count). The van der Waals surface area contributed by atoms with Crippen LogP contribution in [0.5, 0.6) is 0 Å². The Bertz CT molecular complexity index is 1160. The van der Waals surface area contributed by atoms with Crippen molar-refractivity contribution in [1.82, 2.24) is 9.97 Å². The first-order valence-corrected chi connectivity index (χ1v) is 11.6. The van der Waals surface area contributed by atoms with Crippen molar-refractivity contribution >= 4 is 34.7 Å². The normalized spacial score (nSPS) is 21.2. The number of oxazole rings is 1. The maximum Gasteiger partial charge on any atom is 0.274 e. The maximum absolute atomic E-state index is 13.0. The summed E-state index contributed by atoms with van der Waals surface area (Å²) in [6.07, 6.45) is 4.60. The zero-order valence-electron chi connectivity index (χ0n) is 18.8. The number of carbonyl (C=O) groups excluding carboxylic acids is 2. The third-order valence-corrected chi connectivity index (χ3v) is 6.56. The topological polar surface area (TPSA) is 97.6 Å². The molecule has 2 aromatic heterocycles. The summed E-state index contributed by atoms with van der Waals surface area (Å²) in [5.41, 5.74) is 4.15. The van der Waals surface area contributed by atoms with E-state index in [1.54, 1.807) is 6.07 Å². The largest absolute Gasteiger partial charge is 0.440 e. The highest BCUT2D eigenvalue weighted by molar-refractivity contribution is 6.06. The molecule has 0 bridgehead atoms. The van der Waals surface area contributed by atoms with Crippen molar-refractivity contribution < 1.29 is 18.7 Å². The molecule has 3 aromatic rings. The smallest absolute Gasteiger partial charge is 0.274 e.